The summed E-state index contributed by atoms with van der Waals surface area (Å²) in [6, 6.07) is 5.32. The molecule has 1 rings (SSSR count). The van der Waals surface area contributed by atoms with Crippen LogP contribution in [0.25, 0.3) is 0 Å². The van der Waals surface area contributed by atoms with Crippen molar-refractivity contribution < 1.29 is 4.79 Å². The molecule has 0 aliphatic carbocycles. The highest BCUT2D eigenvalue weighted by molar-refractivity contribution is 5.92. The van der Waals surface area contributed by atoms with E-state index >= 15 is 0 Å². The van der Waals surface area contributed by atoms with E-state index in [9.17, 15) is 4.79 Å². The van der Waals surface area contributed by atoms with E-state index in [1.165, 1.54) is 0 Å². The summed E-state index contributed by atoms with van der Waals surface area (Å²) in [5.74, 6) is 0.582. The third-order valence-corrected chi connectivity index (χ3v) is 1.77. The third-order valence-electron chi connectivity index (χ3n) is 1.77. The summed E-state index contributed by atoms with van der Waals surface area (Å²) in [5.41, 5.74) is 0.449. The van der Waals surface area contributed by atoms with Gasteiger partial charge in [-0.15, -0.1) is 0 Å². The molecule has 0 aliphatic heterocycles. The van der Waals surface area contributed by atoms with E-state index in [0.29, 0.717) is 18.1 Å². The highest BCUT2D eigenvalue weighted by atomic mass is 16.1. The molecule has 0 aliphatic rings. The standard InChI is InChI=1S/C10H15N3O/c1-3-7-12-10(14)8-5-4-6-9(11-2)13-8/h4-6H,3,7H2,1-2H3,(H,11,13)(H,12,14). The molecule has 0 atom stereocenters. The fourth-order valence-corrected chi connectivity index (χ4v) is 1.03. The normalized spacial score (nSPS) is 9.57. The molecular formula is C10H15N3O. The molecule has 0 saturated heterocycles. The largest absolute Gasteiger partial charge is 0.373 e. The molecule has 0 spiro atoms. The molecule has 1 heterocycles. The van der Waals surface area contributed by atoms with Crippen molar-refractivity contribution in [2.45, 2.75) is 13.3 Å². The van der Waals surface area contributed by atoms with Gasteiger partial charge in [-0.2, -0.15) is 0 Å². The Morgan fingerprint density at radius 2 is 2.29 bits per heavy atom. The zero-order chi connectivity index (χ0) is 10.4. The van der Waals surface area contributed by atoms with Gasteiger partial charge in [0.1, 0.15) is 11.5 Å². The zero-order valence-electron chi connectivity index (χ0n) is 8.50. The van der Waals surface area contributed by atoms with Crippen molar-refractivity contribution in [3.8, 4) is 0 Å². The van der Waals surface area contributed by atoms with Crippen LogP contribution in [0.4, 0.5) is 5.82 Å². The Kier molecular flexibility index (Phi) is 3.91. The first-order valence-corrected chi connectivity index (χ1v) is 4.71. The summed E-state index contributed by atoms with van der Waals surface area (Å²) in [7, 11) is 1.77. The van der Waals surface area contributed by atoms with Gasteiger partial charge in [0.15, 0.2) is 0 Å². The fraction of sp³-hybridized carbons (Fsp3) is 0.400. The van der Waals surface area contributed by atoms with Crippen molar-refractivity contribution in [3.63, 3.8) is 0 Å². The molecule has 76 valence electrons. The van der Waals surface area contributed by atoms with Crippen LogP contribution in [-0.2, 0) is 0 Å². The number of carbonyl (C=O) groups is 1. The van der Waals surface area contributed by atoms with E-state index in [1.807, 2.05) is 13.0 Å². The van der Waals surface area contributed by atoms with Crippen molar-refractivity contribution >= 4 is 11.7 Å². The highest BCUT2D eigenvalue weighted by Gasteiger charge is 2.05. The van der Waals surface area contributed by atoms with E-state index in [4.69, 9.17) is 0 Å². The Labute approximate surface area is 83.7 Å². The number of aromatic nitrogens is 1. The number of hydrogen-bond donors (Lipinski definition) is 2. The van der Waals surface area contributed by atoms with Gasteiger partial charge in [0.25, 0.3) is 5.91 Å². The fourth-order valence-electron chi connectivity index (χ4n) is 1.03. The maximum atomic E-state index is 11.5. The lowest BCUT2D eigenvalue weighted by molar-refractivity contribution is 0.0949. The Hall–Kier alpha value is -1.58. The Balaban J connectivity index is 2.69. The van der Waals surface area contributed by atoms with Gasteiger partial charge in [0.2, 0.25) is 0 Å². The third kappa shape index (κ3) is 2.73. The molecular weight excluding hydrogens is 178 g/mol. The van der Waals surface area contributed by atoms with Gasteiger partial charge in [0, 0.05) is 13.6 Å². The second kappa shape index (κ2) is 5.21. The SMILES string of the molecule is CCCNC(=O)c1cccc(NC)n1. The van der Waals surface area contributed by atoms with Gasteiger partial charge in [-0.05, 0) is 18.6 Å². The van der Waals surface area contributed by atoms with Crippen LogP contribution in [-0.4, -0.2) is 24.5 Å². The maximum Gasteiger partial charge on any atom is 0.269 e. The quantitative estimate of drug-likeness (QED) is 0.757. The van der Waals surface area contributed by atoms with Gasteiger partial charge < -0.3 is 10.6 Å². The molecule has 0 saturated carbocycles. The van der Waals surface area contributed by atoms with Crippen LogP contribution in [0.5, 0.6) is 0 Å². The first-order valence-electron chi connectivity index (χ1n) is 4.71. The van der Waals surface area contributed by atoms with Crippen molar-refractivity contribution in [2.24, 2.45) is 0 Å². The summed E-state index contributed by atoms with van der Waals surface area (Å²) in [4.78, 5) is 15.6. The molecule has 1 amide bonds. The summed E-state index contributed by atoms with van der Waals surface area (Å²) in [5, 5.41) is 5.66. The second-order valence-corrected chi connectivity index (χ2v) is 2.91. The molecule has 4 heteroatoms. The number of pyridine rings is 1. The van der Waals surface area contributed by atoms with Crippen LogP contribution in [0.1, 0.15) is 23.8 Å². The summed E-state index contributed by atoms with van der Waals surface area (Å²) < 4.78 is 0. The number of hydrogen-bond acceptors (Lipinski definition) is 3. The molecule has 0 fully saturated rings. The van der Waals surface area contributed by atoms with E-state index in [-0.39, 0.29) is 5.91 Å². The number of anilines is 1. The first kappa shape index (κ1) is 10.5. The highest BCUT2D eigenvalue weighted by Crippen LogP contribution is 2.03. The summed E-state index contributed by atoms with van der Waals surface area (Å²) in [6.07, 6.45) is 0.928. The maximum absolute atomic E-state index is 11.5. The van der Waals surface area contributed by atoms with Crippen molar-refractivity contribution in [1.29, 1.82) is 0 Å². The number of carbonyl (C=O) groups excluding carboxylic acids is 1. The number of nitrogens with zero attached hydrogens (tertiary/aromatic N) is 1. The monoisotopic (exact) mass is 193 g/mol. The summed E-state index contributed by atoms with van der Waals surface area (Å²) >= 11 is 0. The number of amides is 1. The van der Waals surface area contributed by atoms with Crippen molar-refractivity contribution in [3.05, 3.63) is 23.9 Å². The predicted octanol–water partition coefficient (Wildman–Crippen LogP) is 1.26. The minimum atomic E-state index is -0.121. The predicted molar refractivity (Wildman–Crippen MR) is 56.4 cm³/mol. The molecule has 0 unspecified atom stereocenters. The minimum Gasteiger partial charge on any atom is -0.373 e. The van der Waals surface area contributed by atoms with E-state index in [2.05, 4.69) is 15.6 Å². The summed E-state index contributed by atoms with van der Waals surface area (Å²) in [6.45, 7) is 2.70. The van der Waals surface area contributed by atoms with Gasteiger partial charge in [-0.1, -0.05) is 13.0 Å². The Morgan fingerprint density at radius 3 is 2.93 bits per heavy atom. The smallest absolute Gasteiger partial charge is 0.269 e. The molecule has 14 heavy (non-hydrogen) atoms. The lowest BCUT2D eigenvalue weighted by Gasteiger charge is -2.04. The molecule has 0 radical (unpaired) electrons. The van der Waals surface area contributed by atoms with Crippen LogP contribution >= 0.6 is 0 Å². The molecule has 1 aromatic rings. The van der Waals surface area contributed by atoms with E-state index in [1.54, 1.807) is 19.2 Å². The Bertz CT molecular complexity index is 312. The molecule has 1 aromatic heterocycles. The molecule has 2 N–H and O–H groups in total. The van der Waals surface area contributed by atoms with Crippen LogP contribution in [0.2, 0.25) is 0 Å². The topological polar surface area (TPSA) is 54.0 Å². The molecule has 4 nitrogen and oxygen atoms in total. The minimum absolute atomic E-state index is 0.121. The number of rotatable bonds is 4. The average Bonchev–Trinajstić information content (AvgIpc) is 2.26. The van der Waals surface area contributed by atoms with E-state index in [0.717, 1.165) is 6.42 Å². The van der Waals surface area contributed by atoms with Crippen molar-refractivity contribution in [2.75, 3.05) is 18.9 Å². The van der Waals surface area contributed by atoms with Gasteiger partial charge >= 0.3 is 0 Å². The second-order valence-electron chi connectivity index (χ2n) is 2.91. The molecule has 0 aromatic carbocycles. The molecule has 0 bridgehead atoms. The number of nitrogens with one attached hydrogen (secondary N) is 2. The lowest BCUT2D eigenvalue weighted by atomic mass is 10.3. The van der Waals surface area contributed by atoms with Gasteiger partial charge in [-0.25, -0.2) is 4.98 Å². The van der Waals surface area contributed by atoms with Crippen LogP contribution in [0, 0.1) is 0 Å². The van der Waals surface area contributed by atoms with Crippen LogP contribution < -0.4 is 10.6 Å². The van der Waals surface area contributed by atoms with Crippen LogP contribution in [0.15, 0.2) is 18.2 Å². The zero-order valence-corrected chi connectivity index (χ0v) is 8.50. The first-order chi connectivity index (χ1) is 6.77. The van der Waals surface area contributed by atoms with E-state index < -0.39 is 0 Å². The lowest BCUT2D eigenvalue weighted by Crippen LogP contribution is -2.25. The Morgan fingerprint density at radius 1 is 1.50 bits per heavy atom. The van der Waals surface area contributed by atoms with Gasteiger partial charge in [-0.3, -0.25) is 4.79 Å². The van der Waals surface area contributed by atoms with Crippen LogP contribution in [0.3, 0.4) is 0 Å². The van der Waals surface area contributed by atoms with Crippen molar-refractivity contribution in [1.82, 2.24) is 10.3 Å². The average molecular weight is 193 g/mol. The van der Waals surface area contributed by atoms with Gasteiger partial charge in [0.05, 0.1) is 0 Å².